The maximum absolute atomic E-state index is 10.9. The highest BCUT2D eigenvalue weighted by Gasteiger charge is 2.12. The highest BCUT2D eigenvalue weighted by Crippen LogP contribution is 2.33. The monoisotopic (exact) mass is 740 g/mol. The van der Waals surface area contributed by atoms with Crippen molar-refractivity contribution >= 4 is 22.7 Å². The predicted molar refractivity (Wildman–Crippen MR) is 193 cm³/mol. The van der Waals surface area contributed by atoms with Crippen LogP contribution in [0.15, 0.2) is 52.7 Å². The molecule has 0 bridgehead atoms. The average molecular weight is 741 g/mol. The van der Waals surface area contributed by atoms with Gasteiger partial charge in [0.05, 0.1) is 137 Å². The number of benzene rings is 2. The van der Waals surface area contributed by atoms with Crippen molar-refractivity contribution in [3.63, 3.8) is 0 Å². The summed E-state index contributed by atoms with van der Waals surface area (Å²) in [4.78, 5) is 12.6. The first-order chi connectivity index (χ1) is 25.6. The summed E-state index contributed by atoms with van der Waals surface area (Å²) in [7, 11) is 4.83. The van der Waals surface area contributed by atoms with Crippen LogP contribution in [0.5, 0.6) is 5.75 Å². The SMILES string of the molecule is COCCOCCOCCOCCOCCN(CCOCCOCCOCCOCCOC)c1ccc(N=Nc2ccc([N+](=O)[O-])cc2)c(OC)c1. The van der Waals surface area contributed by atoms with Gasteiger partial charge in [-0.1, -0.05) is 0 Å². The van der Waals surface area contributed by atoms with Crippen molar-refractivity contribution in [3.8, 4) is 5.75 Å². The standard InChI is InChI=1S/C35H56N4O13/c1-42-14-16-47-22-24-51-28-26-49-20-18-45-12-10-38(11-13-46-19-21-50-27-29-52-25-23-48-17-15-43-2)33-8-9-34(35(30-33)44-3)37-36-31-4-6-32(7-5-31)39(40)41/h4-9,30H,10-29H2,1-3H3. The lowest BCUT2D eigenvalue weighted by atomic mass is 10.2. The molecule has 294 valence electrons. The number of nitro groups is 1. The Kier molecular flexibility index (Phi) is 26.9. The number of hydrogen-bond acceptors (Lipinski definition) is 16. The Morgan fingerprint density at radius 2 is 0.942 bits per heavy atom. The number of hydrogen-bond donors (Lipinski definition) is 0. The Hall–Kier alpha value is -3.36. The zero-order valence-electron chi connectivity index (χ0n) is 30.8. The normalized spacial score (nSPS) is 11.4. The fraction of sp³-hybridized carbons (Fsp3) is 0.657. The minimum atomic E-state index is -0.462. The van der Waals surface area contributed by atoms with Gasteiger partial charge in [0, 0.05) is 51.2 Å². The third-order valence-electron chi connectivity index (χ3n) is 6.97. The molecule has 2 aromatic rings. The molecular weight excluding hydrogens is 684 g/mol. The van der Waals surface area contributed by atoms with E-state index in [2.05, 4.69) is 15.1 Å². The first-order valence-corrected chi connectivity index (χ1v) is 17.3. The summed E-state index contributed by atoms with van der Waals surface area (Å²) < 4.78 is 60.1. The van der Waals surface area contributed by atoms with E-state index in [1.54, 1.807) is 27.4 Å². The molecule has 0 fully saturated rings. The van der Waals surface area contributed by atoms with Crippen LogP contribution in [-0.4, -0.2) is 158 Å². The predicted octanol–water partition coefficient (Wildman–Crippen LogP) is 4.25. The van der Waals surface area contributed by atoms with Crippen molar-refractivity contribution in [1.29, 1.82) is 0 Å². The molecule has 0 atom stereocenters. The summed E-state index contributed by atoms with van der Waals surface area (Å²) in [6, 6.07) is 11.4. The number of anilines is 1. The number of non-ortho nitro benzene ring substituents is 1. The van der Waals surface area contributed by atoms with Crippen LogP contribution in [0.2, 0.25) is 0 Å². The zero-order valence-corrected chi connectivity index (χ0v) is 30.8. The van der Waals surface area contributed by atoms with Crippen LogP contribution in [0.3, 0.4) is 0 Å². The number of nitrogens with zero attached hydrogens (tertiary/aromatic N) is 4. The van der Waals surface area contributed by atoms with E-state index in [4.69, 9.17) is 52.1 Å². The van der Waals surface area contributed by atoms with Crippen LogP contribution < -0.4 is 9.64 Å². The Morgan fingerprint density at radius 3 is 1.33 bits per heavy atom. The molecule has 0 saturated carbocycles. The van der Waals surface area contributed by atoms with Gasteiger partial charge in [0.15, 0.2) is 0 Å². The maximum atomic E-state index is 10.9. The second-order valence-corrected chi connectivity index (χ2v) is 10.7. The van der Waals surface area contributed by atoms with E-state index < -0.39 is 4.92 Å². The smallest absolute Gasteiger partial charge is 0.269 e. The summed E-state index contributed by atoms with van der Waals surface area (Å²) in [5.41, 5.74) is 1.86. The van der Waals surface area contributed by atoms with Gasteiger partial charge in [-0.3, -0.25) is 10.1 Å². The van der Waals surface area contributed by atoms with E-state index in [-0.39, 0.29) is 5.69 Å². The Balaban J connectivity index is 1.79. The highest BCUT2D eigenvalue weighted by molar-refractivity contribution is 5.62. The molecule has 0 heterocycles. The lowest BCUT2D eigenvalue weighted by Gasteiger charge is -2.25. The summed E-state index contributed by atoms with van der Waals surface area (Å²) in [6.07, 6.45) is 0. The molecule has 0 spiro atoms. The van der Waals surface area contributed by atoms with Gasteiger partial charge in [-0.2, -0.15) is 5.11 Å². The largest absolute Gasteiger partial charge is 0.494 e. The van der Waals surface area contributed by atoms with Gasteiger partial charge in [-0.25, -0.2) is 0 Å². The van der Waals surface area contributed by atoms with Crippen LogP contribution in [0.4, 0.5) is 22.7 Å². The van der Waals surface area contributed by atoms with Crippen LogP contribution >= 0.6 is 0 Å². The van der Waals surface area contributed by atoms with Crippen molar-refractivity contribution in [1.82, 2.24) is 0 Å². The second kappa shape index (κ2) is 31.2. The molecule has 0 aliphatic rings. The number of azo groups is 1. The van der Waals surface area contributed by atoms with Crippen LogP contribution in [-0.2, 0) is 47.4 Å². The van der Waals surface area contributed by atoms with Crippen LogP contribution in [0, 0.1) is 10.1 Å². The lowest BCUT2D eigenvalue weighted by Crippen LogP contribution is -2.31. The Labute approximate surface area is 306 Å². The van der Waals surface area contributed by atoms with E-state index >= 15 is 0 Å². The topological polar surface area (TPSA) is 173 Å². The molecule has 0 saturated heterocycles. The number of methoxy groups -OCH3 is 3. The van der Waals surface area contributed by atoms with E-state index in [0.717, 1.165) is 5.69 Å². The fourth-order valence-electron chi connectivity index (χ4n) is 4.23. The van der Waals surface area contributed by atoms with Crippen molar-refractivity contribution in [2.45, 2.75) is 0 Å². The summed E-state index contributed by atoms with van der Waals surface area (Å²) >= 11 is 0. The summed E-state index contributed by atoms with van der Waals surface area (Å²) in [5, 5.41) is 19.4. The molecular formula is C35H56N4O13. The van der Waals surface area contributed by atoms with Gasteiger partial charge in [0.1, 0.15) is 11.4 Å². The van der Waals surface area contributed by atoms with Gasteiger partial charge in [0.25, 0.3) is 5.69 Å². The molecule has 0 amide bonds. The summed E-state index contributed by atoms with van der Waals surface area (Å²) in [5.74, 6) is 0.518. The molecule has 2 rings (SSSR count). The van der Waals surface area contributed by atoms with Gasteiger partial charge >= 0.3 is 0 Å². The van der Waals surface area contributed by atoms with Gasteiger partial charge in [0.2, 0.25) is 0 Å². The molecule has 0 aliphatic carbocycles. The Bertz CT molecular complexity index is 1160. The van der Waals surface area contributed by atoms with Crippen molar-refractivity contribution in [2.24, 2.45) is 10.2 Å². The Morgan fingerprint density at radius 1 is 0.538 bits per heavy atom. The van der Waals surface area contributed by atoms with Crippen LogP contribution in [0.1, 0.15) is 0 Å². The van der Waals surface area contributed by atoms with Crippen molar-refractivity contribution in [2.75, 3.05) is 158 Å². The molecule has 2 aromatic carbocycles. The lowest BCUT2D eigenvalue weighted by molar-refractivity contribution is -0.384. The molecule has 52 heavy (non-hydrogen) atoms. The second-order valence-electron chi connectivity index (χ2n) is 10.7. The minimum Gasteiger partial charge on any atom is -0.494 e. The molecule has 17 heteroatoms. The first-order valence-electron chi connectivity index (χ1n) is 17.3. The van der Waals surface area contributed by atoms with Crippen LogP contribution in [0.25, 0.3) is 0 Å². The van der Waals surface area contributed by atoms with E-state index in [9.17, 15) is 10.1 Å². The number of nitro benzene ring substituents is 1. The first kappa shape index (κ1) is 44.8. The van der Waals surface area contributed by atoms with Gasteiger partial charge in [-0.15, -0.1) is 5.11 Å². The zero-order chi connectivity index (χ0) is 37.3. The number of ether oxygens (including phenoxy) is 11. The molecule has 0 aliphatic heterocycles. The highest BCUT2D eigenvalue weighted by atomic mass is 16.6. The van der Waals surface area contributed by atoms with E-state index in [1.165, 1.54) is 24.3 Å². The maximum Gasteiger partial charge on any atom is 0.269 e. The van der Waals surface area contributed by atoms with E-state index in [0.29, 0.717) is 149 Å². The van der Waals surface area contributed by atoms with E-state index in [1.807, 2.05) is 12.1 Å². The molecule has 0 N–H and O–H groups in total. The number of rotatable bonds is 35. The molecule has 0 aromatic heterocycles. The fourth-order valence-corrected chi connectivity index (χ4v) is 4.23. The molecule has 0 radical (unpaired) electrons. The third kappa shape index (κ3) is 21.9. The van der Waals surface area contributed by atoms with Gasteiger partial charge < -0.3 is 57.0 Å². The van der Waals surface area contributed by atoms with Gasteiger partial charge in [-0.05, 0) is 24.3 Å². The summed E-state index contributed by atoms with van der Waals surface area (Å²) in [6.45, 7) is 10.1. The molecule has 17 nitrogen and oxygen atoms in total. The minimum absolute atomic E-state index is 0.0174. The third-order valence-corrected chi connectivity index (χ3v) is 6.97. The van der Waals surface area contributed by atoms with Crippen molar-refractivity contribution < 1.29 is 57.0 Å². The quantitative estimate of drug-likeness (QED) is 0.0425. The molecule has 0 unspecified atom stereocenters. The average Bonchev–Trinajstić information content (AvgIpc) is 3.16. The van der Waals surface area contributed by atoms with Crippen molar-refractivity contribution in [3.05, 3.63) is 52.6 Å².